The molecule has 4 aromatic rings. The summed E-state index contributed by atoms with van der Waals surface area (Å²) >= 11 is 0. The summed E-state index contributed by atoms with van der Waals surface area (Å²) in [5, 5.41) is 12.5. The lowest BCUT2D eigenvalue weighted by atomic mass is 10.1. The molecule has 206 valence electrons. The Balaban J connectivity index is 1.39. The van der Waals surface area contributed by atoms with E-state index in [-0.39, 0.29) is 29.9 Å². The molecule has 0 bridgehead atoms. The first-order chi connectivity index (χ1) is 18.4. The number of aromatic nitrogens is 6. The first-order valence-corrected chi connectivity index (χ1v) is 12.7. The smallest absolute Gasteiger partial charge is 0.410 e. The van der Waals surface area contributed by atoms with Gasteiger partial charge in [0.1, 0.15) is 16.6 Å². The van der Waals surface area contributed by atoms with Crippen molar-refractivity contribution in [1.82, 2.24) is 34.4 Å². The van der Waals surface area contributed by atoms with Gasteiger partial charge in [0, 0.05) is 51.5 Å². The van der Waals surface area contributed by atoms with E-state index < -0.39 is 5.60 Å². The van der Waals surface area contributed by atoms with E-state index in [2.05, 4.69) is 30.4 Å². The number of nitrogens with one attached hydrogen (secondary N) is 1. The van der Waals surface area contributed by atoms with Crippen LogP contribution in [0.25, 0.3) is 21.9 Å². The van der Waals surface area contributed by atoms with E-state index in [4.69, 9.17) is 9.47 Å². The highest BCUT2D eigenvalue weighted by Crippen LogP contribution is 2.32. The molecule has 0 aliphatic carbocycles. The molecular formula is C26H33N9O4. The second kappa shape index (κ2) is 9.71. The summed E-state index contributed by atoms with van der Waals surface area (Å²) in [5.74, 6) is -0.00765. The topological polar surface area (TPSA) is 133 Å². The Kier molecular flexibility index (Phi) is 6.52. The van der Waals surface area contributed by atoms with Crippen LogP contribution in [0.1, 0.15) is 37.6 Å². The second-order valence-electron chi connectivity index (χ2n) is 10.7. The van der Waals surface area contributed by atoms with Crippen molar-refractivity contribution in [2.24, 2.45) is 14.1 Å². The molecule has 13 heteroatoms. The number of likely N-dealkylation sites (N-methyl/N-ethyl adjacent to an activating group) is 1. The van der Waals surface area contributed by atoms with E-state index in [1.165, 1.54) is 7.11 Å². The number of carbonyl (C=O) groups excluding carboxylic acids is 2. The van der Waals surface area contributed by atoms with Crippen LogP contribution in [0.2, 0.25) is 0 Å². The van der Waals surface area contributed by atoms with Crippen molar-refractivity contribution in [3.05, 3.63) is 30.1 Å². The zero-order chi connectivity index (χ0) is 28.1. The van der Waals surface area contributed by atoms with Gasteiger partial charge in [-0.3, -0.25) is 19.5 Å². The van der Waals surface area contributed by atoms with Gasteiger partial charge in [-0.2, -0.15) is 15.2 Å². The summed E-state index contributed by atoms with van der Waals surface area (Å²) in [6.07, 6.45) is 4.09. The summed E-state index contributed by atoms with van der Waals surface area (Å²) in [7, 11) is 6.86. The van der Waals surface area contributed by atoms with Gasteiger partial charge in [0.2, 0.25) is 11.8 Å². The molecule has 0 unspecified atom stereocenters. The fourth-order valence-corrected chi connectivity index (χ4v) is 4.79. The summed E-state index contributed by atoms with van der Waals surface area (Å²) in [4.78, 5) is 38.6. The van der Waals surface area contributed by atoms with Crippen molar-refractivity contribution in [3.63, 3.8) is 0 Å². The van der Waals surface area contributed by atoms with Crippen molar-refractivity contribution in [2.45, 2.75) is 38.8 Å². The molecule has 4 heterocycles. The Morgan fingerprint density at radius 3 is 2.51 bits per heavy atom. The molecule has 5 rings (SSSR count). The standard InChI is InChI=1S/C26H33N9O4/c1-26(2,3)39-25(37)34(6)15-10-11-35(12-15)19-9-8-16(20-17(19)13-32(4)30-20)22(36)28-24-27-18-14-33(5)31-21(18)23(29-24)38-7/h8-9,13-15H,10-12H2,1-7H3,(H,27,28,36)/t15-/m1/s1. The molecule has 0 radical (unpaired) electrons. The van der Waals surface area contributed by atoms with Crippen molar-refractivity contribution in [2.75, 3.05) is 37.5 Å². The monoisotopic (exact) mass is 535 g/mol. The van der Waals surface area contributed by atoms with Crippen LogP contribution in [0.15, 0.2) is 24.5 Å². The summed E-state index contributed by atoms with van der Waals surface area (Å²) in [6.45, 7) is 6.97. The van der Waals surface area contributed by atoms with Crippen LogP contribution in [0.3, 0.4) is 0 Å². The average molecular weight is 536 g/mol. The van der Waals surface area contributed by atoms with Gasteiger partial charge in [-0.15, -0.1) is 0 Å². The van der Waals surface area contributed by atoms with Crippen LogP contribution in [-0.4, -0.2) is 85.3 Å². The number of carbonyl (C=O) groups is 2. The Morgan fingerprint density at radius 1 is 1.08 bits per heavy atom. The molecule has 1 N–H and O–H groups in total. The predicted octanol–water partition coefficient (Wildman–Crippen LogP) is 2.96. The molecule has 0 saturated carbocycles. The molecule has 1 aromatic carbocycles. The molecule has 2 amide bonds. The van der Waals surface area contributed by atoms with E-state index in [1.54, 1.807) is 40.6 Å². The maximum atomic E-state index is 13.4. The highest BCUT2D eigenvalue weighted by molar-refractivity contribution is 6.13. The highest BCUT2D eigenvalue weighted by atomic mass is 16.6. The minimum absolute atomic E-state index is 0.00377. The highest BCUT2D eigenvalue weighted by Gasteiger charge is 2.32. The van der Waals surface area contributed by atoms with Crippen LogP contribution in [0.4, 0.5) is 16.4 Å². The maximum Gasteiger partial charge on any atom is 0.410 e. The van der Waals surface area contributed by atoms with Crippen LogP contribution in [0.5, 0.6) is 5.88 Å². The Morgan fingerprint density at radius 2 is 1.79 bits per heavy atom. The molecule has 1 aliphatic heterocycles. The number of methoxy groups -OCH3 is 1. The van der Waals surface area contributed by atoms with Crippen LogP contribution in [-0.2, 0) is 18.8 Å². The van der Waals surface area contributed by atoms with Gasteiger partial charge in [0.15, 0.2) is 5.52 Å². The number of aryl methyl sites for hydroxylation is 2. The number of rotatable bonds is 5. The number of amides is 2. The van der Waals surface area contributed by atoms with E-state index in [0.29, 0.717) is 28.7 Å². The van der Waals surface area contributed by atoms with E-state index >= 15 is 0 Å². The third kappa shape index (κ3) is 5.16. The zero-order valence-corrected chi connectivity index (χ0v) is 23.2. The lowest BCUT2D eigenvalue weighted by Crippen LogP contribution is -2.42. The summed E-state index contributed by atoms with van der Waals surface area (Å²) < 4.78 is 14.2. The van der Waals surface area contributed by atoms with Gasteiger partial charge in [-0.05, 0) is 39.3 Å². The van der Waals surface area contributed by atoms with Gasteiger partial charge in [0.05, 0.1) is 24.9 Å². The summed E-state index contributed by atoms with van der Waals surface area (Å²) in [5.41, 5.74) is 2.41. The SMILES string of the molecule is COc1nc(NC(=O)c2ccc(N3CC[C@@H](N(C)C(=O)OC(C)(C)C)C3)c3cn(C)nc23)nc2cn(C)nc12. The number of anilines is 2. The van der Waals surface area contributed by atoms with E-state index in [9.17, 15) is 9.59 Å². The van der Waals surface area contributed by atoms with Gasteiger partial charge in [0.25, 0.3) is 5.91 Å². The molecule has 1 atom stereocenters. The second-order valence-corrected chi connectivity index (χ2v) is 10.7. The van der Waals surface area contributed by atoms with Gasteiger partial charge < -0.3 is 19.3 Å². The largest absolute Gasteiger partial charge is 0.479 e. The van der Waals surface area contributed by atoms with Gasteiger partial charge in [-0.1, -0.05) is 0 Å². The number of fused-ring (bicyclic) bond motifs is 2. The third-order valence-electron chi connectivity index (χ3n) is 6.61. The quantitative estimate of drug-likeness (QED) is 0.409. The maximum absolute atomic E-state index is 13.4. The normalized spacial score (nSPS) is 15.7. The van der Waals surface area contributed by atoms with Crippen molar-refractivity contribution in [3.8, 4) is 5.88 Å². The minimum Gasteiger partial charge on any atom is -0.479 e. The minimum atomic E-state index is -0.554. The molecule has 1 saturated heterocycles. The number of ether oxygens (including phenoxy) is 2. The Bertz CT molecular complexity index is 1570. The van der Waals surface area contributed by atoms with Crippen molar-refractivity contribution >= 4 is 45.6 Å². The molecule has 1 fully saturated rings. The molecule has 13 nitrogen and oxygen atoms in total. The number of benzene rings is 1. The average Bonchev–Trinajstić information content (AvgIpc) is 3.58. The molecule has 0 spiro atoms. The third-order valence-corrected chi connectivity index (χ3v) is 6.61. The van der Waals surface area contributed by atoms with E-state index in [1.807, 2.05) is 40.1 Å². The predicted molar refractivity (Wildman–Crippen MR) is 146 cm³/mol. The first-order valence-electron chi connectivity index (χ1n) is 12.7. The molecule has 39 heavy (non-hydrogen) atoms. The Hall–Kier alpha value is -4.42. The first kappa shape index (κ1) is 26.2. The fourth-order valence-electron chi connectivity index (χ4n) is 4.79. The molecule has 1 aliphatic rings. The fraction of sp³-hybridized carbons (Fsp3) is 0.462. The molecule has 3 aromatic heterocycles. The van der Waals surface area contributed by atoms with Crippen molar-refractivity contribution in [1.29, 1.82) is 0 Å². The van der Waals surface area contributed by atoms with E-state index in [0.717, 1.165) is 24.0 Å². The lowest BCUT2D eigenvalue weighted by Gasteiger charge is -2.29. The number of nitrogens with zero attached hydrogens (tertiary/aromatic N) is 8. The lowest BCUT2D eigenvalue weighted by molar-refractivity contribution is 0.0237. The number of hydrogen-bond acceptors (Lipinski definition) is 9. The summed E-state index contributed by atoms with van der Waals surface area (Å²) in [6, 6.07) is 3.68. The van der Waals surface area contributed by atoms with Crippen molar-refractivity contribution < 1.29 is 19.1 Å². The van der Waals surface area contributed by atoms with Crippen LogP contribution < -0.4 is 15.0 Å². The van der Waals surface area contributed by atoms with Gasteiger partial charge >= 0.3 is 6.09 Å². The number of hydrogen-bond donors (Lipinski definition) is 1. The zero-order valence-electron chi connectivity index (χ0n) is 23.2. The van der Waals surface area contributed by atoms with Crippen LogP contribution in [0, 0.1) is 0 Å². The molecular weight excluding hydrogens is 502 g/mol. The Labute approximate surface area is 225 Å². The van der Waals surface area contributed by atoms with Gasteiger partial charge in [-0.25, -0.2) is 9.78 Å². The van der Waals surface area contributed by atoms with Crippen LogP contribution >= 0.6 is 0 Å².